The summed E-state index contributed by atoms with van der Waals surface area (Å²) in [7, 11) is -2.57. The van der Waals surface area contributed by atoms with Crippen molar-refractivity contribution in [2.75, 3.05) is 25.2 Å². The molecule has 1 aliphatic heterocycles. The molecule has 0 unspecified atom stereocenters. The van der Waals surface area contributed by atoms with E-state index in [9.17, 15) is 9.36 Å². The second-order valence-electron chi connectivity index (χ2n) is 9.36. The van der Waals surface area contributed by atoms with E-state index < -0.39 is 7.14 Å². The molecule has 3 aromatic heterocycles. The first-order valence-corrected chi connectivity index (χ1v) is 14.1. The Bertz CT molecular complexity index is 1530. The van der Waals surface area contributed by atoms with Gasteiger partial charge in [0.25, 0.3) is 5.56 Å². The van der Waals surface area contributed by atoms with Gasteiger partial charge in [-0.05, 0) is 74.5 Å². The molecule has 0 saturated heterocycles. The number of fused-ring (bicyclic) bond motifs is 2. The fraction of sp³-hybridized carbons (Fsp3) is 0.333. The summed E-state index contributed by atoms with van der Waals surface area (Å²) in [5.74, 6) is 0.947. The van der Waals surface area contributed by atoms with Crippen LogP contribution in [0.4, 0.5) is 11.6 Å². The van der Waals surface area contributed by atoms with Crippen LogP contribution < -0.4 is 21.6 Å². The summed E-state index contributed by atoms with van der Waals surface area (Å²) in [6, 6.07) is 11.8. The molecule has 1 fully saturated rings. The minimum atomic E-state index is -2.57. The van der Waals surface area contributed by atoms with Gasteiger partial charge in [0.05, 0.1) is 6.04 Å². The van der Waals surface area contributed by atoms with Crippen LogP contribution in [0, 0.1) is 0 Å². The van der Waals surface area contributed by atoms with Gasteiger partial charge < -0.3 is 15.2 Å². The lowest BCUT2D eigenvalue weighted by molar-refractivity contribution is 0.553. The number of benzene rings is 1. The van der Waals surface area contributed by atoms with Gasteiger partial charge in [-0.3, -0.25) is 4.79 Å². The average molecular weight is 475 g/mol. The van der Waals surface area contributed by atoms with E-state index in [0.29, 0.717) is 28.2 Å². The van der Waals surface area contributed by atoms with Crippen molar-refractivity contribution in [3.05, 3.63) is 64.1 Å². The molecule has 9 nitrogen and oxygen atoms in total. The minimum absolute atomic E-state index is 0.105. The van der Waals surface area contributed by atoms with Gasteiger partial charge in [-0.1, -0.05) is 12.1 Å². The molecule has 174 valence electrons. The van der Waals surface area contributed by atoms with Crippen molar-refractivity contribution < 1.29 is 4.57 Å². The quantitative estimate of drug-likeness (QED) is 0.428. The summed E-state index contributed by atoms with van der Waals surface area (Å²) in [5.41, 5.74) is 4.41. The zero-order valence-electron chi connectivity index (χ0n) is 19.2. The second kappa shape index (κ2) is 7.89. The predicted molar refractivity (Wildman–Crippen MR) is 133 cm³/mol. The molecule has 6 rings (SSSR count). The maximum atomic E-state index is 13.3. The summed E-state index contributed by atoms with van der Waals surface area (Å²) in [5, 5.41) is 7.13. The smallest absolute Gasteiger partial charge is 0.278 e. The number of hydrogen-bond donors (Lipinski definition) is 2. The van der Waals surface area contributed by atoms with E-state index in [1.807, 2.05) is 18.2 Å². The Hall–Kier alpha value is -3.29. The molecule has 0 bridgehead atoms. The van der Waals surface area contributed by atoms with Crippen LogP contribution in [0.3, 0.4) is 0 Å². The molecule has 2 N–H and O–H groups in total. The molecular weight excluding hydrogens is 449 g/mol. The van der Waals surface area contributed by atoms with E-state index in [0.717, 1.165) is 38.0 Å². The Morgan fingerprint density at radius 3 is 2.76 bits per heavy atom. The summed E-state index contributed by atoms with van der Waals surface area (Å²) in [6.07, 6.45) is 4.42. The van der Waals surface area contributed by atoms with Gasteiger partial charge in [-0.25, -0.2) is 19.3 Å². The van der Waals surface area contributed by atoms with E-state index in [1.54, 1.807) is 35.0 Å². The van der Waals surface area contributed by atoms with Crippen LogP contribution in [-0.2, 0) is 17.5 Å². The van der Waals surface area contributed by atoms with Crippen LogP contribution in [0.2, 0.25) is 0 Å². The number of rotatable bonds is 5. The molecule has 2 aliphatic rings. The predicted octanol–water partition coefficient (Wildman–Crippen LogP) is 2.95. The van der Waals surface area contributed by atoms with Crippen LogP contribution in [0.1, 0.15) is 30.0 Å². The number of anilines is 2. The third-order valence-corrected chi connectivity index (χ3v) is 7.71. The van der Waals surface area contributed by atoms with Gasteiger partial charge >= 0.3 is 0 Å². The summed E-state index contributed by atoms with van der Waals surface area (Å²) < 4.78 is 16.2. The van der Waals surface area contributed by atoms with Crippen molar-refractivity contribution in [1.29, 1.82) is 0 Å². The highest BCUT2D eigenvalue weighted by Crippen LogP contribution is 2.36. The molecule has 1 saturated carbocycles. The van der Waals surface area contributed by atoms with Gasteiger partial charge in [0.1, 0.15) is 18.0 Å². The van der Waals surface area contributed by atoms with E-state index in [4.69, 9.17) is 4.98 Å². The van der Waals surface area contributed by atoms with Gasteiger partial charge in [-0.15, -0.1) is 0 Å². The van der Waals surface area contributed by atoms with Crippen molar-refractivity contribution in [3.63, 3.8) is 0 Å². The fourth-order valence-corrected chi connectivity index (χ4v) is 5.23. The van der Waals surface area contributed by atoms with Crippen molar-refractivity contribution in [2.45, 2.75) is 31.8 Å². The third kappa shape index (κ3) is 3.75. The zero-order valence-corrected chi connectivity index (χ0v) is 20.0. The number of hydrogen-bond acceptors (Lipinski definition) is 7. The maximum Gasteiger partial charge on any atom is 0.278 e. The lowest BCUT2D eigenvalue weighted by Crippen LogP contribution is -2.23. The fourth-order valence-electron chi connectivity index (χ4n) is 4.44. The Kier molecular flexibility index (Phi) is 4.93. The van der Waals surface area contributed by atoms with Crippen LogP contribution in [0.5, 0.6) is 0 Å². The van der Waals surface area contributed by atoms with Crippen molar-refractivity contribution in [2.24, 2.45) is 0 Å². The Morgan fingerprint density at radius 2 is 1.97 bits per heavy atom. The lowest BCUT2D eigenvalue weighted by Gasteiger charge is -2.18. The van der Waals surface area contributed by atoms with Crippen LogP contribution >= 0.6 is 7.14 Å². The maximum absolute atomic E-state index is 13.3. The zero-order chi connectivity index (χ0) is 23.4. The SMILES string of the molecule is CP(C)(=O)c1cccc(-n2c3nc(Nc4ccc5c(c4)CCNC5)ncc3c(=O)n2C2CC2)n1. The molecule has 0 radical (unpaired) electrons. The molecule has 10 heteroatoms. The molecule has 1 aliphatic carbocycles. The first kappa shape index (κ1) is 21.3. The highest BCUT2D eigenvalue weighted by Gasteiger charge is 2.31. The normalized spacial score (nSPS) is 15.9. The second-order valence-corrected chi connectivity index (χ2v) is 12.5. The van der Waals surface area contributed by atoms with Crippen LogP contribution in [-0.4, -0.2) is 44.2 Å². The van der Waals surface area contributed by atoms with Gasteiger partial charge in [-0.2, -0.15) is 4.98 Å². The molecule has 4 heterocycles. The Balaban J connectivity index is 1.47. The Morgan fingerprint density at radius 1 is 1.12 bits per heavy atom. The lowest BCUT2D eigenvalue weighted by atomic mass is 10.0. The molecule has 0 amide bonds. The standard InChI is InChI=1S/C24H26N7O2P/c1-34(2,33)21-5-3-4-20(28-21)31-22-19(23(32)30(31)18-8-9-18)14-26-24(29-22)27-17-7-6-16-13-25-11-10-15(16)12-17/h3-7,12,14,18,25H,8-11,13H2,1-2H3,(H,26,27,29). The monoisotopic (exact) mass is 475 g/mol. The van der Waals surface area contributed by atoms with Crippen molar-refractivity contribution in [1.82, 2.24) is 29.6 Å². The van der Waals surface area contributed by atoms with Gasteiger partial charge in [0, 0.05) is 18.4 Å². The topological polar surface area (TPSA) is 107 Å². The summed E-state index contributed by atoms with van der Waals surface area (Å²) in [4.78, 5) is 27.1. The van der Waals surface area contributed by atoms with Crippen molar-refractivity contribution in [3.8, 4) is 5.82 Å². The van der Waals surface area contributed by atoms with Gasteiger partial charge in [0.15, 0.2) is 11.5 Å². The number of nitrogens with zero attached hydrogens (tertiary/aromatic N) is 5. The minimum Gasteiger partial charge on any atom is -0.324 e. The largest absolute Gasteiger partial charge is 0.324 e. The van der Waals surface area contributed by atoms with E-state index >= 15 is 0 Å². The number of nitrogens with one attached hydrogen (secondary N) is 2. The highest BCUT2D eigenvalue weighted by atomic mass is 31.2. The Labute approximate surface area is 196 Å². The van der Waals surface area contributed by atoms with Crippen LogP contribution in [0.25, 0.3) is 16.9 Å². The molecular formula is C24H26N7O2P. The van der Waals surface area contributed by atoms with E-state index in [2.05, 4.69) is 32.7 Å². The number of pyridine rings is 1. The molecule has 0 spiro atoms. The first-order valence-electron chi connectivity index (χ1n) is 11.5. The molecule has 1 aromatic carbocycles. The van der Waals surface area contributed by atoms with Gasteiger partial charge in [0.2, 0.25) is 5.95 Å². The van der Waals surface area contributed by atoms with Crippen LogP contribution in [0.15, 0.2) is 47.4 Å². The molecule has 34 heavy (non-hydrogen) atoms. The van der Waals surface area contributed by atoms with E-state index in [1.165, 1.54) is 11.1 Å². The highest BCUT2D eigenvalue weighted by molar-refractivity contribution is 7.69. The third-order valence-electron chi connectivity index (χ3n) is 6.35. The summed E-state index contributed by atoms with van der Waals surface area (Å²) in [6.45, 7) is 5.24. The van der Waals surface area contributed by atoms with Crippen molar-refractivity contribution >= 4 is 35.2 Å². The van der Waals surface area contributed by atoms with E-state index in [-0.39, 0.29) is 11.6 Å². The average Bonchev–Trinajstić information content (AvgIpc) is 3.62. The summed E-state index contributed by atoms with van der Waals surface area (Å²) >= 11 is 0. The molecule has 4 aromatic rings. The number of aromatic nitrogens is 5. The molecule has 0 atom stereocenters. The first-order chi connectivity index (χ1) is 16.4.